The van der Waals surface area contributed by atoms with Crippen LogP contribution >= 0.6 is 0 Å². The fourth-order valence-corrected chi connectivity index (χ4v) is 3.97. The van der Waals surface area contributed by atoms with Crippen molar-refractivity contribution >= 4 is 17.1 Å². The summed E-state index contributed by atoms with van der Waals surface area (Å²) in [4.78, 5) is 5.04. The molecular weight excluding hydrogens is 304 g/mol. The van der Waals surface area contributed by atoms with E-state index in [1.165, 1.54) is 60.0 Å². The van der Waals surface area contributed by atoms with Gasteiger partial charge in [0.15, 0.2) is 0 Å². The van der Waals surface area contributed by atoms with Gasteiger partial charge in [-0.2, -0.15) is 0 Å². The number of anilines is 2. The molecule has 1 N–H and O–H groups in total. The smallest absolute Gasteiger partial charge is 0.0503 e. The fraction of sp³-hybridized carbons (Fsp3) is 0.435. The predicted octanol–water partition coefficient (Wildman–Crippen LogP) is 6.50. The first-order chi connectivity index (χ1) is 12.0. The Labute approximate surface area is 152 Å². The highest BCUT2D eigenvalue weighted by Crippen LogP contribution is 2.29. The minimum Gasteiger partial charge on any atom is -0.355 e. The molecule has 132 valence electrons. The van der Waals surface area contributed by atoms with E-state index in [1.54, 1.807) is 0 Å². The van der Waals surface area contributed by atoms with Crippen LogP contribution in [-0.2, 0) is 0 Å². The zero-order chi connectivity index (χ0) is 17.8. The first-order valence-corrected chi connectivity index (χ1v) is 9.53. The third kappa shape index (κ3) is 4.31. The monoisotopic (exact) mass is 334 g/mol. The maximum atomic E-state index is 5.04. The molecule has 0 spiro atoms. The molecule has 1 fully saturated rings. The average molecular weight is 335 g/mol. The summed E-state index contributed by atoms with van der Waals surface area (Å²) < 4.78 is 0. The number of nitrogens with zero attached hydrogens (tertiary/aromatic N) is 1. The second kappa shape index (κ2) is 7.86. The molecule has 2 heteroatoms. The Morgan fingerprint density at radius 2 is 1.60 bits per heavy atom. The number of nitrogens with one attached hydrogen (secondary N) is 1. The molecule has 0 radical (unpaired) electrons. The molecule has 1 saturated carbocycles. The van der Waals surface area contributed by atoms with Gasteiger partial charge in [0.25, 0.3) is 0 Å². The molecule has 2 nitrogen and oxygen atoms in total. The highest BCUT2D eigenvalue weighted by atomic mass is 14.9. The molecule has 2 aromatic rings. The van der Waals surface area contributed by atoms with Crippen molar-refractivity contribution in [3.05, 3.63) is 58.7 Å². The summed E-state index contributed by atoms with van der Waals surface area (Å²) in [6.45, 7) is 8.66. The van der Waals surface area contributed by atoms with Crippen LogP contribution < -0.4 is 5.32 Å². The van der Waals surface area contributed by atoms with Gasteiger partial charge in [-0.25, -0.2) is 0 Å². The Morgan fingerprint density at radius 1 is 0.960 bits per heavy atom. The molecule has 3 rings (SSSR count). The lowest BCUT2D eigenvalue weighted by atomic mass is 9.95. The predicted molar refractivity (Wildman–Crippen MR) is 109 cm³/mol. The minimum absolute atomic E-state index is 0.504. The van der Waals surface area contributed by atoms with E-state index in [4.69, 9.17) is 4.99 Å². The van der Waals surface area contributed by atoms with Crippen LogP contribution in [0.25, 0.3) is 0 Å². The van der Waals surface area contributed by atoms with E-state index in [1.807, 2.05) is 0 Å². The van der Waals surface area contributed by atoms with Gasteiger partial charge < -0.3 is 5.32 Å². The lowest BCUT2D eigenvalue weighted by Crippen LogP contribution is -2.13. The molecule has 1 aliphatic rings. The quantitative estimate of drug-likeness (QED) is 0.634. The molecule has 0 atom stereocenters. The van der Waals surface area contributed by atoms with E-state index in [2.05, 4.69) is 69.4 Å². The Balaban J connectivity index is 1.90. The third-order valence-corrected chi connectivity index (χ3v) is 5.20. The highest BCUT2D eigenvalue weighted by Gasteiger charge is 2.14. The van der Waals surface area contributed by atoms with Crippen LogP contribution in [0, 0.1) is 20.8 Å². The average Bonchev–Trinajstić information content (AvgIpc) is 2.59. The van der Waals surface area contributed by atoms with Gasteiger partial charge in [-0.3, -0.25) is 4.99 Å². The fourth-order valence-electron chi connectivity index (χ4n) is 3.97. The van der Waals surface area contributed by atoms with Crippen LogP contribution in [0.2, 0.25) is 0 Å². The molecule has 0 saturated heterocycles. The van der Waals surface area contributed by atoms with Gasteiger partial charge in [-0.1, -0.05) is 55.2 Å². The summed E-state index contributed by atoms with van der Waals surface area (Å²) in [6, 6.07) is 13.5. The molecular formula is C23H30N2. The van der Waals surface area contributed by atoms with Crippen molar-refractivity contribution in [1.29, 1.82) is 0 Å². The van der Waals surface area contributed by atoms with E-state index in [-0.39, 0.29) is 0 Å². The molecule has 0 aromatic heterocycles. The number of benzene rings is 2. The lowest BCUT2D eigenvalue weighted by molar-refractivity contribution is 0.443. The molecule has 0 unspecified atom stereocenters. The van der Waals surface area contributed by atoms with E-state index in [0.29, 0.717) is 6.04 Å². The topological polar surface area (TPSA) is 24.4 Å². The largest absolute Gasteiger partial charge is 0.355 e. The third-order valence-electron chi connectivity index (χ3n) is 5.20. The zero-order valence-electron chi connectivity index (χ0n) is 16.0. The van der Waals surface area contributed by atoms with Crippen LogP contribution in [0.15, 0.2) is 41.4 Å². The maximum Gasteiger partial charge on any atom is 0.0503 e. The van der Waals surface area contributed by atoms with Crippen LogP contribution in [0.5, 0.6) is 0 Å². The number of aliphatic imine (C=N–C) groups is 1. The second-order valence-electron chi connectivity index (χ2n) is 7.45. The normalized spacial score (nSPS) is 16.1. The van der Waals surface area contributed by atoms with Crippen LogP contribution in [-0.4, -0.2) is 11.8 Å². The van der Waals surface area contributed by atoms with Gasteiger partial charge in [0.2, 0.25) is 0 Å². The van der Waals surface area contributed by atoms with Gasteiger partial charge in [-0.05, 0) is 57.7 Å². The Kier molecular flexibility index (Phi) is 5.57. The number of para-hydroxylation sites is 1. The summed E-state index contributed by atoms with van der Waals surface area (Å²) in [6.07, 6.45) is 6.49. The standard InChI is InChI=1S/C23H30N2/c1-16-14-17(2)23(18(3)15-16)25-22-13-9-8-12-21(22)19(4)24-20-10-6-5-7-11-20/h8-9,12-15,20,25H,5-7,10-11H2,1-4H3. The maximum absolute atomic E-state index is 5.04. The van der Waals surface area contributed by atoms with Gasteiger partial charge in [0.1, 0.15) is 0 Å². The SMILES string of the molecule is CC(=NC1CCCCC1)c1ccccc1Nc1c(C)cc(C)cc1C. The molecule has 0 bridgehead atoms. The summed E-state index contributed by atoms with van der Waals surface area (Å²) in [5.41, 5.74) is 8.61. The second-order valence-corrected chi connectivity index (χ2v) is 7.45. The van der Waals surface area contributed by atoms with E-state index >= 15 is 0 Å². The Bertz CT molecular complexity index is 744. The van der Waals surface area contributed by atoms with E-state index in [9.17, 15) is 0 Å². The Hall–Kier alpha value is -2.09. The van der Waals surface area contributed by atoms with Crippen molar-refractivity contribution in [1.82, 2.24) is 0 Å². The van der Waals surface area contributed by atoms with E-state index < -0.39 is 0 Å². The van der Waals surface area contributed by atoms with Crippen LogP contribution in [0.1, 0.15) is 61.3 Å². The molecule has 0 heterocycles. The summed E-state index contributed by atoms with van der Waals surface area (Å²) in [5.74, 6) is 0. The minimum atomic E-state index is 0.504. The van der Waals surface area contributed by atoms with Gasteiger partial charge in [0.05, 0.1) is 6.04 Å². The first kappa shape index (κ1) is 17.7. The van der Waals surface area contributed by atoms with Gasteiger partial charge in [0, 0.05) is 22.6 Å². The number of hydrogen-bond acceptors (Lipinski definition) is 2. The molecule has 0 amide bonds. The lowest BCUT2D eigenvalue weighted by Gasteiger charge is -2.20. The van der Waals surface area contributed by atoms with Gasteiger partial charge in [-0.15, -0.1) is 0 Å². The zero-order valence-corrected chi connectivity index (χ0v) is 16.0. The van der Waals surface area contributed by atoms with Crippen molar-refractivity contribution < 1.29 is 0 Å². The molecule has 2 aromatic carbocycles. The summed E-state index contributed by atoms with van der Waals surface area (Å²) in [5, 5.41) is 3.67. The van der Waals surface area contributed by atoms with Gasteiger partial charge >= 0.3 is 0 Å². The number of rotatable bonds is 4. The van der Waals surface area contributed by atoms with Crippen LogP contribution in [0.3, 0.4) is 0 Å². The van der Waals surface area contributed by atoms with Crippen molar-refractivity contribution in [2.75, 3.05) is 5.32 Å². The Morgan fingerprint density at radius 3 is 2.28 bits per heavy atom. The number of aryl methyl sites for hydroxylation is 3. The summed E-state index contributed by atoms with van der Waals surface area (Å²) >= 11 is 0. The van der Waals surface area contributed by atoms with Crippen molar-refractivity contribution in [3.8, 4) is 0 Å². The van der Waals surface area contributed by atoms with E-state index in [0.717, 1.165) is 11.4 Å². The first-order valence-electron chi connectivity index (χ1n) is 9.53. The van der Waals surface area contributed by atoms with Crippen molar-refractivity contribution in [3.63, 3.8) is 0 Å². The molecule has 0 aliphatic heterocycles. The molecule has 25 heavy (non-hydrogen) atoms. The van der Waals surface area contributed by atoms with Crippen molar-refractivity contribution in [2.45, 2.75) is 65.8 Å². The number of hydrogen-bond donors (Lipinski definition) is 1. The summed E-state index contributed by atoms with van der Waals surface area (Å²) in [7, 11) is 0. The van der Waals surface area contributed by atoms with Crippen LogP contribution in [0.4, 0.5) is 11.4 Å². The highest BCUT2D eigenvalue weighted by molar-refractivity contribution is 6.04. The van der Waals surface area contributed by atoms with Crippen molar-refractivity contribution in [2.24, 2.45) is 4.99 Å². The molecule has 1 aliphatic carbocycles.